The SMILES string of the molecule is COc1ccc(C(C)NCC(C)(C)SC)cc1OC. The number of thioether (sulfide) groups is 1. The van der Waals surface area contributed by atoms with Gasteiger partial charge in [0.25, 0.3) is 0 Å². The van der Waals surface area contributed by atoms with Crippen molar-refractivity contribution in [3.05, 3.63) is 23.8 Å². The van der Waals surface area contributed by atoms with Crippen LogP contribution in [0.5, 0.6) is 11.5 Å². The maximum Gasteiger partial charge on any atom is 0.161 e. The first kappa shape index (κ1) is 16.2. The number of benzene rings is 1. The second kappa shape index (κ2) is 7.06. The molecule has 1 N–H and O–H groups in total. The minimum absolute atomic E-state index is 0.241. The van der Waals surface area contributed by atoms with E-state index in [9.17, 15) is 0 Å². The van der Waals surface area contributed by atoms with E-state index in [0.717, 1.165) is 18.0 Å². The van der Waals surface area contributed by atoms with Crippen LogP contribution < -0.4 is 14.8 Å². The van der Waals surface area contributed by atoms with Crippen LogP contribution in [0.3, 0.4) is 0 Å². The first-order valence-electron chi connectivity index (χ1n) is 6.44. The van der Waals surface area contributed by atoms with E-state index in [0.29, 0.717) is 0 Å². The van der Waals surface area contributed by atoms with Crippen LogP contribution in [-0.2, 0) is 0 Å². The molecular formula is C15H25NO2S. The number of ether oxygens (including phenoxy) is 2. The van der Waals surface area contributed by atoms with Gasteiger partial charge in [0, 0.05) is 17.3 Å². The minimum atomic E-state index is 0.241. The van der Waals surface area contributed by atoms with Gasteiger partial charge in [0.05, 0.1) is 14.2 Å². The fraction of sp³-hybridized carbons (Fsp3) is 0.600. The summed E-state index contributed by atoms with van der Waals surface area (Å²) in [5.41, 5.74) is 1.20. The minimum Gasteiger partial charge on any atom is -0.493 e. The molecule has 3 nitrogen and oxygen atoms in total. The van der Waals surface area contributed by atoms with Crippen molar-refractivity contribution in [2.75, 3.05) is 27.0 Å². The molecule has 0 aliphatic carbocycles. The van der Waals surface area contributed by atoms with Crippen LogP contribution in [0.1, 0.15) is 32.4 Å². The molecule has 0 saturated carbocycles. The van der Waals surface area contributed by atoms with E-state index in [1.807, 2.05) is 23.9 Å². The number of methoxy groups -OCH3 is 2. The maximum absolute atomic E-state index is 5.34. The second-order valence-corrected chi connectivity index (χ2v) is 6.69. The first-order chi connectivity index (χ1) is 8.93. The summed E-state index contributed by atoms with van der Waals surface area (Å²) in [6, 6.07) is 6.34. The molecule has 1 aromatic rings. The Morgan fingerprint density at radius 2 is 1.84 bits per heavy atom. The topological polar surface area (TPSA) is 30.5 Å². The smallest absolute Gasteiger partial charge is 0.161 e. The Bertz CT molecular complexity index is 407. The molecule has 0 bridgehead atoms. The molecule has 0 aliphatic heterocycles. The Hall–Kier alpha value is -0.870. The van der Waals surface area contributed by atoms with Gasteiger partial charge < -0.3 is 14.8 Å². The number of nitrogens with one attached hydrogen (secondary N) is 1. The van der Waals surface area contributed by atoms with Crippen LogP contribution in [-0.4, -0.2) is 31.8 Å². The van der Waals surface area contributed by atoms with E-state index in [-0.39, 0.29) is 10.8 Å². The highest BCUT2D eigenvalue weighted by Crippen LogP contribution is 2.30. The summed E-state index contributed by atoms with van der Waals surface area (Å²) in [7, 11) is 3.32. The van der Waals surface area contributed by atoms with E-state index in [4.69, 9.17) is 9.47 Å². The van der Waals surface area contributed by atoms with Gasteiger partial charge in [-0.1, -0.05) is 6.07 Å². The molecule has 0 fully saturated rings. The van der Waals surface area contributed by atoms with Gasteiger partial charge in [-0.25, -0.2) is 0 Å². The van der Waals surface area contributed by atoms with Gasteiger partial charge >= 0.3 is 0 Å². The van der Waals surface area contributed by atoms with E-state index in [2.05, 4.69) is 38.4 Å². The van der Waals surface area contributed by atoms with Crippen molar-refractivity contribution < 1.29 is 9.47 Å². The van der Waals surface area contributed by atoms with Crippen LogP contribution >= 0.6 is 11.8 Å². The summed E-state index contributed by atoms with van der Waals surface area (Å²) in [5, 5.41) is 3.56. The van der Waals surface area contributed by atoms with Gasteiger partial charge in [-0.2, -0.15) is 11.8 Å². The lowest BCUT2D eigenvalue weighted by Crippen LogP contribution is -2.33. The molecule has 1 atom stereocenters. The van der Waals surface area contributed by atoms with Crippen LogP contribution in [0.25, 0.3) is 0 Å². The fourth-order valence-electron chi connectivity index (χ4n) is 1.71. The highest BCUT2D eigenvalue weighted by atomic mass is 32.2. The summed E-state index contributed by atoms with van der Waals surface area (Å²) in [6.45, 7) is 7.61. The molecule has 4 heteroatoms. The Kier molecular flexibility index (Phi) is 6.01. The van der Waals surface area contributed by atoms with Gasteiger partial charge in [0.15, 0.2) is 11.5 Å². The Morgan fingerprint density at radius 1 is 1.21 bits per heavy atom. The third-order valence-electron chi connectivity index (χ3n) is 3.29. The molecule has 0 amide bonds. The quantitative estimate of drug-likeness (QED) is 0.829. The van der Waals surface area contributed by atoms with Crippen LogP contribution in [0.15, 0.2) is 18.2 Å². The zero-order valence-corrected chi connectivity index (χ0v) is 13.6. The van der Waals surface area contributed by atoms with Crippen molar-refractivity contribution >= 4 is 11.8 Å². The van der Waals surface area contributed by atoms with Gasteiger partial charge in [-0.3, -0.25) is 0 Å². The normalized spacial score (nSPS) is 13.2. The predicted octanol–water partition coefficient (Wildman–Crippen LogP) is 3.50. The number of rotatable bonds is 7. The third kappa shape index (κ3) is 4.62. The van der Waals surface area contributed by atoms with Crippen LogP contribution in [0.4, 0.5) is 0 Å². The predicted molar refractivity (Wildman–Crippen MR) is 83.6 cm³/mol. The largest absolute Gasteiger partial charge is 0.493 e. The molecule has 1 rings (SSSR count). The van der Waals surface area contributed by atoms with Crippen molar-refractivity contribution in [3.8, 4) is 11.5 Å². The van der Waals surface area contributed by atoms with Gasteiger partial charge in [0.2, 0.25) is 0 Å². The number of hydrogen-bond acceptors (Lipinski definition) is 4. The maximum atomic E-state index is 5.34. The zero-order valence-electron chi connectivity index (χ0n) is 12.7. The standard InChI is InChI=1S/C15H25NO2S/c1-11(16-10-15(2,3)19-6)12-7-8-13(17-4)14(9-12)18-5/h7-9,11,16H,10H2,1-6H3. The van der Waals surface area contributed by atoms with Crippen molar-refractivity contribution in [1.29, 1.82) is 0 Å². The summed E-state index contributed by atoms with van der Waals surface area (Å²) < 4.78 is 10.8. The Balaban J connectivity index is 2.74. The van der Waals surface area contributed by atoms with E-state index < -0.39 is 0 Å². The molecule has 108 valence electrons. The molecule has 1 unspecified atom stereocenters. The molecule has 0 saturated heterocycles. The average molecular weight is 283 g/mol. The summed E-state index contributed by atoms with van der Waals surface area (Å²) in [5.74, 6) is 1.54. The van der Waals surface area contributed by atoms with E-state index in [1.54, 1.807) is 14.2 Å². The lowest BCUT2D eigenvalue weighted by atomic mass is 10.1. The van der Waals surface area contributed by atoms with E-state index in [1.165, 1.54) is 5.56 Å². The Morgan fingerprint density at radius 3 is 2.37 bits per heavy atom. The van der Waals surface area contributed by atoms with Gasteiger partial charge in [0.1, 0.15) is 0 Å². The summed E-state index contributed by atoms with van der Waals surface area (Å²) in [4.78, 5) is 0. The average Bonchev–Trinajstić information content (AvgIpc) is 2.44. The molecular weight excluding hydrogens is 258 g/mol. The molecule has 0 spiro atoms. The lowest BCUT2D eigenvalue weighted by Gasteiger charge is -2.25. The van der Waals surface area contributed by atoms with Crippen molar-refractivity contribution in [3.63, 3.8) is 0 Å². The highest BCUT2D eigenvalue weighted by molar-refractivity contribution is 7.99. The molecule has 0 aliphatic rings. The summed E-state index contributed by atoms with van der Waals surface area (Å²) in [6.07, 6.45) is 2.14. The summed E-state index contributed by atoms with van der Waals surface area (Å²) >= 11 is 1.87. The zero-order chi connectivity index (χ0) is 14.5. The molecule has 0 radical (unpaired) electrons. The van der Waals surface area contributed by atoms with Gasteiger partial charge in [-0.05, 0) is 44.7 Å². The molecule has 19 heavy (non-hydrogen) atoms. The fourth-order valence-corrected chi connectivity index (χ4v) is 1.94. The first-order valence-corrected chi connectivity index (χ1v) is 7.66. The molecule has 0 heterocycles. The van der Waals surface area contributed by atoms with Crippen molar-refractivity contribution in [2.24, 2.45) is 0 Å². The van der Waals surface area contributed by atoms with Gasteiger partial charge in [-0.15, -0.1) is 0 Å². The third-order valence-corrected chi connectivity index (χ3v) is 4.54. The Labute approximate surface area is 121 Å². The molecule has 1 aromatic carbocycles. The highest BCUT2D eigenvalue weighted by Gasteiger charge is 2.17. The van der Waals surface area contributed by atoms with Crippen molar-refractivity contribution in [2.45, 2.75) is 31.6 Å². The molecule has 0 aromatic heterocycles. The second-order valence-electron chi connectivity index (χ2n) is 5.18. The van der Waals surface area contributed by atoms with Crippen molar-refractivity contribution in [1.82, 2.24) is 5.32 Å². The lowest BCUT2D eigenvalue weighted by molar-refractivity contribution is 0.354. The monoisotopic (exact) mass is 283 g/mol. The van der Waals surface area contributed by atoms with Crippen LogP contribution in [0, 0.1) is 0 Å². The van der Waals surface area contributed by atoms with Crippen LogP contribution in [0.2, 0.25) is 0 Å². The van der Waals surface area contributed by atoms with E-state index >= 15 is 0 Å². The number of hydrogen-bond donors (Lipinski definition) is 1.